The Kier molecular flexibility index (Phi) is 4.45. The second-order valence-corrected chi connectivity index (χ2v) is 4.92. The Morgan fingerprint density at radius 2 is 2.21 bits per heavy atom. The summed E-state index contributed by atoms with van der Waals surface area (Å²) in [7, 11) is 1.97. The Balaban J connectivity index is 2.67. The predicted octanol–water partition coefficient (Wildman–Crippen LogP) is 3.44. The van der Waals surface area contributed by atoms with E-state index >= 15 is 0 Å². The summed E-state index contributed by atoms with van der Waals surface area (Å²) < 4.78 is 3.05. The van der Waals surface area contributed by atoms with E-state index in [9.17, 15) is 0 Å². The highest BCUT2D eigenvalue weighted by atomic mass is 79.9. The Morgan fingerprint density at radius 1 is 1.57 bits per heavy atom. The second kappa shape index (κ2) is 5.17. The van der Waals surface area contributed by atoms with Crippen molar-refractivity contribution in [1.29, 1.82) is 0 Å². The maximum absolute atomic E-state index is 6.08. The standard InChI is InChI=1S/C10H16BrClN2/c1-4-8(12)5-6-9-10(11)7(2)13-14(9)3/h8H,4-6H2,1-3H3. The van der Waals surface area contributed by atoms with Crippen LogP contribution < -0.4 is 0 Å². The third-order valence-corrected chi connectivity index (χ3v) is 3.96. The third-order valence-electron chi connectivity index (χ3n) is 2.40. The number of halogens is 2. The summed E-state index contributed by atoms with van der Waals surface area (Å²) in [5, 5.41) is 4.62. The highest BCUT2D eigenvalue weighted by Gasteiger charge is 2.11. The molecule has 0 N–H and O–H groups in total. The summed E-state index contributed by atoms with van der Waals surface area (Å²) >= 11 is 9.63. The molecule has 0 fully saturated rings. The zero-order valence-electron chi connectivity index (χ0n) is 8.85. The molecule has 4 heteroatoms. The molecule has 1 atom stereocenters. The Bertz CT molecular complexity index is 309. The first-order chi connectivity index (χ1) is 6.56. The van der Waals surface area contributed by atoms with Crippen LogP contribution >= 0.6 is 27.5 Å². The quantitative estimate of drug-likeness (QED) is 0.772. The lowest BCUT2D eigenvalue weighted by molar-refractivity contribution is 0.654. The van der Waals surface area contributed by atoms with E-state index in [-0.39, 0.29) is 5.38 Å². The maximum Gasteiger partial charge on any atom is 0.0738 e. The van der Waals surface area contributed by atoms with Gasteiger partial charge in [0, 0.05) is 12.4 Å². The molecule has 0 amide bonds. The zero-order valence-corrected chi connectivity index (χ0v) is 11.2. The Labute approximate surface area is 98.8 Å². The number of aryl methyl sites for hydroxylation is 2. The average Bonchev–Trinajstić information content (AvgIpc) is 2.39. The molecule has 0 radical (unpaired) electrons. The van der Waals surface area contributed by atoms with Crippen molar-refractivity contribution in [3.8, 4) is 0 Å². The number of nitrogens with zero attached hydrogens (tertiary/aromatic N) is 2. The number of rotatable bonds is 4. The number of aromatic nitrogens is 2. The number of hydrogen-bond acceptors (Lipinski definition) is 1. The fourth-order valence-corrected chi connectivity index (χ4v) is 2.09. The minimum Gasteiger partial charge on any atom is -0.271 e. The molecule has 0 spiro atoms. The van der Waals surface area contributed by atoms with Crippen LogP contribution in [0.3, 0.4) is 0 Å². The van der Waals surface area contributed by atoms with Crippen molar-refractivity contribution >= 4 is 27.5 Å². The van der Waals surface area contributed by atoms with E-state index in [2.05, 4.69) is 28.0 Å². The summed E-state index contributed by atoms with van der Waals surface area (Å²) in [6, 6.07) is 0. The second-order valence-electron chi connectivity index (χ2n) is 3.51. The first kappa shape index (κ1) is 12.1. The highest BCUT2D eigenvalue weighted by molar-refractivity contribution is 9.10. The monoisotopic (exact) mass is 278 g/mol. The van der Waals surface area contributed by atoms with Gasteiger partial charge in [-0.1, -0.05) is 6.92 Å². The molecule has 0 saturated heterocycles. The molecule has 0 aliphatic rings. The van der Waals surface area contributed by atoms with E-state index in [1.54, 1.807) is 0 Å². The fourth-order valence-electron chi connectivity index (χ4n) is 1.45. The molecular formula is C10H16BrClN2. The predicted molar refractivity (Wildman–Crippen MR) is 63.9 cm³/mol. The van der Waals surface area contributed by atoms with Crippen LogP contribution in [-0.4, -0.2) is 15.2 Å². The summed E-state index contributed by atoms with van der Waals surface area (Å²) in [5.41, 5.74) is 2.28. The number of alkyl halides is 1. The molecule has 1 rings (SSSR count). The van der Waals surface area contributed by atoms with Crippen LogP contribution in [-0.2, 0) is 13.5 Å². The van der Waals surface area contributed by atoms with Gasteiger partial charge in [-0.25, -0.2) is 0 Å². The van der Waals surface area contributed by atoms with Crippen LogP contribution in [0.25, 0.3) is 0 Å². The van der Waals surface area contributed by atoms with Crippen LogP contribution in [0, 0.1) is 6.92 Å². The molecule has 14 heavy (non-hydrogen) atoms. The molecule has 1 aromatic heterocycles. The normalized spacial score (nSPS) is 13.2. The van der Waals surface area contributed by atoms with Crippen molar-refractivity contribution in [2.75, 3.05) is 0 Å². The van der Waals surface area contributed by atoms with Gasteiger partial charge in [0.1, 0.15) is 0 Å². The van der Waals surface area contributed by atoms with Gasteiger partial charge in [-0.2, -0.15) is 5.10 Å². The van der Waals surface area contributed by atoms with E-state index in [1.165, 1.54) is 5.69 Å². The molecule has 0 aromatic carbocycles. The highest BCUT2D eigenvalue weighted by Crippen LogP contribution is 2.22. The molecule has 0 bridgehead atoms. The summed E-state index contributed by atoms with van der Waals surface area (Å²) in [4.78, 5) is 0. The summed E-state index contributed by atoms with van der Waals surface area (Å²) in [6.45, 7) is 4.12. The smallest absolute Gasteiger partial charge is 0.0738 e. The topological polar surface area (TPSA) is 17.8 Å². The van der Waals surface area contributed by atoms with Crippen molar-refractivity contribution < 1.29 is 0 Å². The van der Waals surface area contributed by atoms with E-state index in [1.807, 2.05) is 18.7 Å². The van der Waals surface area contributed by atoms with Gasteiger partial charge in [-0.05, 0) is 42.1 Å². The molecule has 0 saturated carbocycles. The molecule has 0 aliphatic carbocycles. The molecular weight excluding hydrogens is 263 g/mol. The molecule has 2 nitrogen and oxygen atoms in total. The number of hydrogen-bond donors (Lipinski definition) is 0. The fraction of sp³-hybridized carbons (Fsp3) is 0.700. The van der Waals surface area contributed by atoms with E-state index < -0.39 is 0 Å². The third kappa shape index (κ3) is 2.74. The Morgan fingerprint density at radius 3 is 2.64 bits per heavy atom. The van der Waals surface area contributed by atoms with E-state index in [0.29, 0.717) is 0 Å². The van der Waals surface area contributed by atoms with Gasteiger partial charge >= 0.3 is 0 Å². The minimum absolute atomic E-state index is 0.275. The van der Waals surface area contributed by atoms with Gasteiger partial charge in [0.25, 0.3) is 0 Å². The lowest BCUT2D eigenvalue weighted by Crippen LogP contribution is -2.03. The molecule has 80 valence electrons. The van der Waals surface area contributed by atoms with Crippen LogP contribution in [0.4, 0.5) is 0 Å². The van der Waals surface area contributed by atoms with Gasteiger partial charge in [0.2, 0.25) is 0 Å². The largest absolute Gasteiger partial charge is 0.271 e. The van der Waals surface area contributed by atoms with Crippen molar-refractivity contribution in [1.82, 2.24) is 9.78 Å². The van der Waals surface area contributed by atoms with Crippen LogP contribution in [0.2, 0.25) is 0 Å². The summed E-state index contributed by atoms with van der Waals surface area (Å²) in [6.07, 6.45) is 3.02. The first-order valence-corrected chi connectivity index (χ1v) is 6.11. The van der Waals surface area contributed by atoms with Gasteiger partial charge in [0.15, 0.2) is 0 Å². The van der Waals surface area contributed by atoms with E-state index in [0.717, 1.165) is 29.4 Å². The van der Waals surface area contributed by atoms with Crippen molar-refractivity contribution in [2.45, 2.75) is 38.5 Å². The van der Waals surface area contributed by atoms with Crippen molar-refractivity contribution in [3.63, 3.8) is 0 Å². The maximum atomic E-state index is 6.08. The Hall–Kier alpha value is -0.0200. The van der Waals surface area contributed by atoms with Gasteiger partial charge in [-0.3, -0.25) is 4.68 Å². The first-order valence-electron chi connectivity index (χ1n) is 4.88. The minimum atomic E-state index is 0.275. The van der Waals surface area contributed by atoms with Gasteiger partial charge in [-0.15, -0.1) is 11.6 Å². The van der Waals surface area contributed by atoms with Gasteiger partial charge < -0.3 is 0 Å². The summed E-state index contributed by atoms with van der Waals surface area (Å²) in [5.74, 6) is 0. The molecule has 1 unspecified atom stereocenters. The van der Waals surface area contributed by atoms with Crippen LogP contribution in [0.1, 0.15) is 31.2 Å². The SMILES string of the molecule is CCC(Cl)CCc1c(Br)c(C)nn1C. The lowest BCUT2D eigenvalue weighted by Gasteiger charge is -2.06. The molecule has 1 heterocycles. The van der Waals surface area contributed by atoms with E-state index in [4.69, 9.17) is 11.6 Å². The van der Waals surface area contributed by atoms with Crippen LogP contribution in [0.5, 0.6) is 0 Å². The zero-order chi connectivity index (χ0) is 10.7. The lowest BCUT2D eigenvalue weighted by atomic mass is 10.1. The van der Waals surface area contributed by atoms with Crippen molar-refractivity contribution in [2.24, 2.45) is 7.05 Å². The average molecular weight is 280 g/mol. The molecule has 0 aliphatic heterocycles. The van der Waals surface area contributed by atoms with Crippen molar-refractivity contribution in [3.05, 3.63) is 15.9 Å². The van der Waals surface area contributed by atoms with Gasteiger partial charge in [0.05, 0.1) is 15.9 Å². The van der Waals surface area contributed by atoms with Crippen LogP contribution in [0.15, 0.2) is 4.47 Å². The molecule has 1 aromatic rings.